The third-order valence-electron chi connectivity index (χ3n) is 3.20. The molecule has 5 nitrogen and oxygen atoms in total. The Labute approximate surface area is 111 Å². The number of aliphatic carboxylic acids is 1. The van der Waals surface area contributed by atoms with E-state index in [1.807, 2.05) is 31.2 Å². The molecule has 19 heavy (non-hydrogen) atoms. The molecule has 1 N–H and O–H groups in total. The number of hydrogen-bond acceptors (Lipinski definition) is 3. The summed E-state index contributed by atoms with van der Waals surface area (Å²) in [7, 11) is 0. The Hall–Kier alpha value is -2.04. The molecule has 102 valence electrons. The average Bonchev–Trinajstić information content (AvgIpc) is 2.68. The van der Waals surface area contributed by atoms with E-state index in [9.17, 15) is 9.59 Å². The van der Waals surface area contributed by atoms with Crippen LogP contribution in [0.2, 0.25) is 0 Å². The molecule has 1 aromatic carbocycles. The summed E-state index contributed by atoms with van der Waals surface area (Å²) in [6, 6.07) is 7.75. The Kier molecular flexibility index (Phi) is 4.04. The predicted molar refractivity (Wildman–Crippen MR) is 68.7 cm³/mol. The lowest BCUT2D eigenvalue weighted by Gasteiger charge is -2.21. The number of benzene rings is 1. The van der Waals surface area contributed by atoms with Crippen LogP contribution < -0.4 is 0 Å². The van der Waals surface area contributed by atoms with E-state index < -0.39 is 5.97 Å². The van der Waals surface area contributed by atoms with Gasteiger partial charge in [-0.2, -0.15) is 0 Å². The zero-order valence-electron chi connectivity index (χ0n) is 10.8. The monoisotopic (exact) mass is 263 g/mol. The molecule has 1 aliphatic rings. The van der Waals surface area contributed by atoms with Crippen LogP contribution in [0, 0.1) is 6.92 Å². The van der Waals surface area contributed by atoms with Crippen LogP contribution in [0.25, 0.3) is 0 Å². The van der Waals surface area contributed by atoms with Crippen molar-refractivity contribution in [3.8, 4) is 0 Å². The zero-order chi connectivity index (χ0) is 13.8. The highest BCUT2D eigenvalue weighted by Crippen LogP contribution is 2.20. The Balaban J connectivity index is 2.03. The van der Waals surface area contributed by atoms with Crippen molar-refractivity contribution < 1.29 is 19.4 Å². The lowest BCUT2D eigenvalue weighted by molar-refractivity contribution is -0.137. The summed E-state index contributed by atoms with van der Waals surface area (Å²) in [5.74, 6) is -0.852. The molecule has 5 heteroatoms. The first-order valence-electron chi connectivity index (χ1n) is 6.27. The number of hydrogen-bond donors (Lipinski definition) is 1. The predicted octanol–water partition coefficient (Wildman–Crippen LogP) is 2.18. The molecule has 1 atom stereocenters. The molecule has 1 fully saturated rings. The highest BCUT2D eigenvalue weighted by atomic mass is 16.6. The molecular formula is C14H17NO4. The van der Waals surface area contributed by atoms with Crippen molar-refractivity contribution in [2.45, 2.75) is 32.4 Å². The van der Waals surface area contributed by atoms with Crippen molar-refractivity contribution in [1.29, 1.82) is 0 Å². The lowest BCUT2D eigenvalue weighted by Crippen LogP contribution is -2.33. The maximum Gasteiger partial charge on any atom is 0.410 e. The smallest absolute Gasteiger partial charge is 0.410 e. The zero-order valence-corrected chi connectivity index (χ0v) is 10.8. The number of carbonyl (C=O) groups is 2. The Morgan fingerprint density at radius 1 is 1.53 bits per heavy atom. The summed E-state index contributed by atoms with van der Waals surface area (Å²) in [4.78, 5) is 23.9. The number of carboxylic acid groups (broad SMARTS) is 1. The van der Waals surface area contributed by atoms with E-state index >= 15 is 0 Å². The number of nitrogens with zero attached hydrogens (tertiary/aromatic N) is 1. The number of cyclic esters (lactones) is 1. The van der Waals surface area contributed by atoms with Crippen LogP contribution in [-0.2, 0) is 16.1 Å². The van der Waals surface area contributed by atoms with Crippen LogP contribution in [0.15, 0.2) is 24.3 Å². The first kappa shape index (κ1) is 13.4. The number of ether oxygens (including phenoxy) is 1. The van der Waals surface area contributed by atoms with Crippen LogP contribution in [0.1, 0.15) is 24.0 Å². The van der Waals surface area contributed by atoms with Crippen molar-refractivity contribution in [1.82, 2.24) is 4.90 Å². The number of carboxylic acids is 1. The number of carbonyl (C=O) groups excluding carboxylic acids is 1. The molecule has 0 radical (unpaired) electrons. The van der Waals surface area contributed by atoms with Gasteiger partial charge >= 0.3 is 12.1 Å². The van der Waals surface area contributed by atoms with Gasteiger partial charge in [0.15, 0.2) is 0 Å². The third kappa shape index (κ3) is 3.47. The second-order valence-electron chi connectivity index (χ2n) is 4.78. The van der Waals surface area contributed by atoms with E-state index in [2.05, 4.69) is 0 Å². The van der Waals surface area contributed by atoms with Gasteiger partial charge < -0.3 is 9.84 Å². The Morgan fingerprint density at radius 2 is 2.32 bits per heavy atom. The van der Waals surface area contributed by atoms with Crippen molar-refractivity contribution >= 4 is 12.1 Å². The maximum atomic E-state index is 11.7. The molecule has 0 spiro atoms. The molecule has 1 unspecified atom stereocenters. The van der Waals surface area contributed by atoms with Crippen LogP contribution in [0.5, 0.6) is 0 Å². The van der Waals surface area contributed by atoms with Gasteiger partial charge in [0.1, 0.15) is 6.61 Å². The summed E-state index contributed by atoms with van der Waals surface area (Å²) >= 11 is 0. The molecule has 1 aromatic rings. The van der Waals surface area contributed by atoms with E-state index in [4.69, 9.17) is 9.84 Å². The van der Waals surface area contributed by atoms with Gasteiger partial charge in [-0.05, 0) is 18.9 Å². The van der Waals surface area contributed by atoms with Gasteiger partial charge in [0, 0.05) is 13.0 Å². The number of aryl methyl sites for hydroxylation is 1. The molecular weight excluding hydrogens is 246 g/mol. The topological polar surface area (TPSA) is 66.8 Å². The van der Waals surface area contributed by atoms with Crippen molar-refractivity contribution in [3.63, 3.8) is 0 Å². The van der Waals surface area contributed by atoms with Gasteiger partial charge in [-0.15, -0.1) is 0 Å². The second-order valence-corrected chi connectivity index (χ2v) is 4.78. The van der Waals surface area contributed by atoms with Gasteiger partial charge in [0.25, 0.3) is 0 Å². The van der Waals surface area contributed by atoms with Crippen molar-refractivity contribution in [2.75, 3.05) is 6.61 Å². The summed E-state index contributed by atoms with van der Waals surface area (Å²) < 4.78 is 5.01. The summed E-state index contributed by atoms with van der Waals surface area (Å²) in [5.41, 5.74) is 2.16. The minimum Gasteiger partial charge on any atom is -0.481 e. The first-order chi connectivity index (χ1) is 9.06. The van der Waals surface area contributed by atoms with Gasteiger partial charge in [-0.25, -0.2) is 4.79 Å². The number of rotatable bonds is 5. The van der Waals surface area contributed by atoms with E-state index in [0.717, 1.165) is 11.1 Å². The minimum atomic E-state index is -0.852. The normalized spacial score (nSPS) is 18.5. The third-order valence-corrected chi connectivity index (χ3v) is 3.20. The SMILES string of the molecule is Cc1cccc(CN2C(=O)OCC2CCC(=O)O)c1. The standard InChI is InChI=1S/C14H17NO4/c1-10-3-2-4-11(7-10)8-15-12(5-6-13(16)17)9-19-14(15)18/h2-4,7,12H,5-6,8-9H2,1H3,(H,16,17). The van der Waals surface area contributed by atoms with E-state index in [-0.39, 0.29) is 25.2 Å². The highest BCUT2D eigenvalue weighted by Gasteiger charge is 2.32. The maximum absolute atomic E-state index is 11.7. The van der Waals surface area contributed by atoms with Gasteiger partial charge in [-0.3, -0.25) is 9.69 Å². The molecule has 1 heterocycles. The van der Waals surface area contributed by atoms with Crippen molar-refractivity contribution in [3.05, 3.63) is 35.4 Å². The summed E-state index contributed by atoms with van der Waals surface area (Å²) in [5, 5.41) is 8.71. The van der Waals surface area contributed by atoms with Crippen LogP contribution >= 0.6 is 0 Å². The molecule has 1 saturated heterocycles. The van der Waals surface area contributed by atoms with Gasteiger partial charge in [-0.1, -0.05) is 29.8 Å². The molecule has 2 rings (SSSR count). The van der Waals surface area contributed by atoms with Gasteiger partial charge in [0.2, 0.25) is 0 Å². The first-order valence-corrected chi connectivity index (χ1v) is 6.27. The minimum absolute atomic E-state index is 0.0472. The molecule has 0 bridgehead atoms. The summed E-state index contributed by atoms with van der Waals surface area (Å²) in [6.45, 7) is 2.73. The molecule has 0 aromatic heterocycles. The highest BCUT2D eigenvalue weighted by molar-refractivity contribution is 5.71. The van der Waals surface area contributed by atoms with E-state index in [1.54, 1.807) is 4.90 Å². The van der Waals surface area contributed by atoms with E-state index in [0.29, 0.717) is 13.0 Å². The lowest BCUT2D eigenvalue weighted by atomic mass is 10.1. The van der Waals surface area contributed by atoms with Gasteiger partial charge in [0.05, 0.1) is 6.04 Å². The Morgan fingerprint density at radius 3 is 3.00 bits per heavy atom. The largest absolute Gasteiger partial charge is 0.481 e. The quantitative estimate of drug-likeness (QED) is 0.884. The van der Waals surface area contributed by atoms with Crippen LogP contribution in [0.3, 0.4) is 0 Å². The molecule has 0 saturated carbocycles. The second kappa shape index (κ2) is 5.73. The average molecular weight is 263 g/mol. The molecule has 0 aliphatic carbocycles. The number of amides is 1. The molecule has 1 aliphatic heterocycles. The van der Waals surface area contributed by atoms with Crippen LogP contribution in [-0.4, -0.2) is 34.7 Å². The van der Waals surface area contributed by atoms with Crippen LogP contribution in [0.4, 0.5) is 4.79 Å². The molecule has 1 amide bonds. The van der Waals surface area contributed by atoms with E-state index in [1.165, 1.54) is 0 Å². The fourth-order valence-corrected chi connectivity index (χ4v) is 2.22. The fraction of sp³-hybridized carbons (Fsp3) is 0.429. The summed E-state index contributed by atoms with van der Waals surface area (Å²) in [6.07, 6.45) is 0.107. The van der Waals surface area contributed by atoms with Crippen molar-refractivity contribution in [2.24, 2.45) is 0 Å². The fourth-order valence-electron chi connectivity index (χ4n) is 2.22. The Bertz CT molecular complexity index is 486.